The second kappa shape index (κ2) is 8.36. The van der Waals surface area contributed by atoms with Gasteiger partial charge in [0.2, 0.25) is 0 Å². The summed E-state index contributed by atoms with van der Waals surface area (Å²) in [5, 5.41) is 3.43. The zero-order valence-corrected chi connectivity index (χ0v) is 15.5. The van der Waals surface area contributed by atoms with E-state index in [0.717, 1.165) is 6.54 Å². The summed E-state index contributed by atoms with van der Waals surface area (Å²) in [7, 11) is 4.07. The number of likely N-dealkylation sites (N-methyl/N-ethyl adjacent to an activating group) is 1. The number of aryl methyl sites for hydroxylation is 1. The van der Waals surface area contributed by atoms with Crippen LogP contribution in [0.15, 0.2) is 11.1 Å². The highest BCUT2D eigenvalue weighted by Crippen LogP contribution is 2.26. The molecule has 0 saturated carbocycles. The van der Waals surface area contributed by atoms with Crippen molar-refractivity contribution in [3.05, 3.63) is 27.1 Å². The normalized spacial score (nSPS) is 11.4. The Morgan fingerprint density at radius 2 is 2.21 bits per heavy atom. The largest absolute Gasteiger partial charge is 0.380 e. The summed E-state index contributed by atoms with van der Waals surface area (Å²) in [6, 6.07) is 0. The molecule has 2 aromatic rings. The molecule has 0 aliphatic heterocycles. The summed E-state index contributed by atoms with van der Waals surface area (Å²) < 4.78 is 6.83. The Labute approximate surface area is 145 Å². The number of carbonyl (C=O) groups is 1. The summed E-state index contributed by atoms with van der Waals surface area (Å²) in [5.74, 6) is -0.142. The van der Waals surface area contributed by atoms with E-state index in [2.05, 4.69) is 10.3 Å². The van der Waals surface area contributed by atoms with Gasteiger partial charge in [0.1, 0.15) is 4.83 Å². The van der Waals surface area contributed by atoms with Gasteiger partial charge >= 0.3 is 0 Å². The topological polar surface area (TPSA) is 77.7 Å². The first-order valence-corrected chi connectivity index (χ1v) is 8.90. The molecule has 0 unspecified atom stereocenters. The molecule has 0 saturated heterocycles. The molecular formula is C16H25N4O3S+. The maximum Gasteiger partial charge on any atom is 0.262 e. The SMILES string of the molecule is CCOCCn1cnc2sc(C(=O)NCC[NH+](C)C)c(C)c2c1=O. The average molecular weight is 353 g/mol. The molecule has 0 aliphatic carbocycles. The predicted molar refractivity (Wildman–Crippen MR) is 95.1 cm³/mol. The fraction of sp³-hybridized carbons (Fsp3) is 0.562. The van der Waals surface area contributed by atoms with Crippen LogP contribution in [0.25, 0.3) is 10.2 Å². The van der Waals surface area contributed by atoms with Crippen LogP contribution >= 0.6 is 11.3 Å². The number of ether oxygens (including phenoxy) is 1. The van der Waals surface area contributed by atoms with Gasteiger partial charge in [-0.25, -0.2) is 4.98 Å². The second-order valence-electron chi connectivity index (χ2n) is 5.89. The lowest BCUT2D eigenvalue weighted by molar-refractivity contribution is -0.856. The number of thiophene rings is 1. The van der Waals surface area contributed by atoms with E-state index < -0.39 is 0 Å². The third kappa shape index (κ3) is 4.19. The molecule has 0 aliphatic rings. The van der Waals surface area contributed by atoms with E-state index in [4.69, 9.17) is 4.74 Å². The quantitative estimate of drug-likeness (QED) is 0.638. The Morgan fingerprint density at radius 3 is 2.88 bits per heavy atom. The third-order valence-electron chi connectivity index (χ3n) is 3.71. The number of fused-ring (bicyclic) bond motifs is 1. The van der Waals surface area contributed by atoms with E-state index in [0.29, 0.717) is 47.0 Å². The van der Waals surface area contributed by atoms with E-state index in [1.807, 2.05) is 21.0 Å². The minimum atomic E-state index is -0.142. The summed E-state index contributed by atoms with van der Waals surface area (Å²) in [5.41, 5.74) is 0.582. The van der Waals surface area contributed by atoms with Crippen molar-refractivity contribution in [2.24, 2.45) is 0 Å². The predicted octanol–water partition coefficient (Wildman–Crippen LogP) is -0.323. The van der Waals surface area contributed by atoms with Crippen LogP contribution in [0.4, 0.5) is 0 Å². The molecule has 24 heavy (non-hydrogen) atoms. The molecule has 1 amide bonds. The standard InChI is InChI=1S/C16H24N4O3S/c1-5-23-9-8-20-10-18-15-12(16(20)22)11(2)13(24-15)14(21)17-6-7-19(3)4/h10H,5-9H2,1-4H3,(H,17,21)/p+1. The molecule has 2 rings (SSSR count). The van der Waals surface area contributed by atoms with Crippen molar-refractivity contribution in [1.82, 2.24) is 14.9 Å². The van der Waals surface area contributed by atoms with Crippen LogP contribution in [-0.4, -0.2) is 55.9 Å². The molecule has 8 heteroatoms. The first-order chi connectivity index (χ1) is 11.5. The number of nitrogens with zero attached hydrogens (tertiary/aromatic N) is 2. The van der Waals surface area contributed by atoms with Crippen LogP contribution in [-0.2, 0) is 11.3 Å². The van der Waals surface area contributed by atoms with Crippen LogP contribution < -0.4 is 15.8 Å². The number of aromatic nitrogens is 2. The Kier molecular flexibility index (Phi) is 6.47. The highest BCUT2D eigenvalue weighted by atomic mass is 32.1. The highest BCUT2D eigenvalue weighted by molar-refractivity contribution is 7.20. The Hall–Kier alpha value is -1.77. The van der Waals surface area contributed by atoms with Gasteiger partial charge < -0.3 is 15.0 Å². The van der Waals surface area contributed by atoms with Crippen molar-refractivity contribution in [3.8, 4) is 0 Å². The average Bonchev–Trinajstić information content (AvgIpc) is 2.87. The van der Waals surface area contributed by atoms with Gasteiger partial charge in [0.15, 0.2) is 0 Å². The van der Waals surface area contributed by atoms with Crippen molar-refractivity contribution in [2.75, 3.05) is 40.4 Å². The highest BCUT2D eigenvalue weighted by Gasteiger charge is 2.19. The van der Waals surface area contributed by atoms with Crippen molar-refractivity contribution in [2.45, 2.75) is 20.4 Å². The number of amides is 1. The molecule has 0 radical (unpaired) electrons. The molecule has 0 fully saturated rings. The maximum atomic E-state index is 12.6. The Bertz CT molecular complexity index is 767. The van der Waals surface area contributed by atoms with Gasteiger partial charge in [-0.3, -0.25) is 14.2 Å². The zero-order chi connectivity index (χ0) is 17.7. The van der Waals surface area contributed by atoms with E-state index in [1.54, 1.807) is 6.92 Å². The van der Waals surface area contributed by atoms with Gasteiger partial charge in [-0.15, -0.1) is 11.3 Å². The second-order valence-corrected chi connectivity index (χ2v) is 6.89. The molecule has 0 atom stereocenters. The molecular weight excluding hydrogens is 328 g/mol. The van der Waals surface area contributed by atoms with Gasteiger partial charge in [-0.2, -0.15) is 0 Å². The van der Waals surface area contributed by atoms with E-state index >= 15 is 0 Å². The maximum absolute atomic E-state index is 12.6. The Balaban J connectivity index is 2.24. The number of rotatable bonds is 8. The molecule has 0 aromatic carbocycles. The van der Waals surface area contributed by atoms with Crippen LogP contribution in [0.3, 0.4) is 0 Å². The van der Waals surface area contributed by atoms with E-state index in [1.165, 1.54) is 27.1 Å². The minimum Gasteiger partial charge on any atom is -0.380 e. The fourth-order valence-electron chi connectivity index (χ4n) is 2.35. The summed E-state index contributed by atoms with van der Waals surface area (Å²) in [4.78, 5) is 31.7. The van der Waals surface area contributed by atoms with Crippen molar-refractivity contribution >= 4 is 27.5 Å². The minimum absolute atomic E-state index is 0.120. The fourth-order valence-corrected chi connectivity index (χ4v) is 3.40. The number of hydrogen-bond acceptors (Lipinski definition) is 5. The molecule has 132 valence electrons. The van der Waals surface area contributed by atoms with Crippen molar-refractivity contribution in [1.29, 1.82) is 0 Å². The summed E-state index contributed by atoms with van der Waals surface area (Å²) in [6.45, 7) is 6.70. The smallest absolute Gasteiger partial charge is 0.262 e. The number of nitrogens with one attached hydrogen (secondary N) is 2. The van der Waals surface area contributed by atoms with Crippen molar-refractivity contribution in [3.63, 3.8) is 0 Å². The lowest BCUT2D eigenvalue weighted by atomic mass is 10.2. The van der Waals surface area contributed by atoms with Crippen LogP contribution in [0.1, 0.15) is 22.2 Å². The number of carbonyl (C=O) groups excluding carboxylic acids is 1. The number of hydrogen-bond donors (Lipinski definition) is 2. The third-order valence-corrected chi connectivity index (χ3v) is 4.91. The lowest BCUT2D eigenvalue weighted by Gasteiger charge is -2.08. The first-order valence-electron chi connectivity index (χ1n) is 8.09. The van der Waals surface area contributed by atoms with Gasteiger partial charge in [-0.05, 0) is 19.4 Å². The van der Waals surface area contributed by atoms with E-state index in [9.17, 15) is 9.59 Å². The van der Waals surface area contributed by atoms with Gasteiger partial charge in [-0.1, -0.05) is 0 Å². The van der Waals surface area contributed by atoms with Crippen LogP contribution in [0.2, 0.25) is 0 Å². The van der Waals surface area contributed by atoms with Crippen molar-refractivity contribution < 1.29 is 14.4 Å². The molecule has 2 aromatic heterocycles. The molecule has 0 spiro atoms. The first kappa shape index (κ1) is 18.6. The summed E-state index contributed by atoms with van der Waals surface area (Å²) >= 11 is 1.27. The zero-order valence-electron chi connectivity index (χ0n) is 14.6. The molecule has 7 nitrogen and oxygen atoms in total. The van der Waals surface area contributed by atoms with Gasteiger partial charge in [0.25, 0.3) is 11.5 Å². The summed E-state index contributed by atoms with van der Waals surface area (Å²) in [6.07, 6.45) is 1.52. The molecule has 0 bridgehead atoms. The lowest BCUT2D eigenvalue weighted by Crippen LogP contribution is -3.06. The molecule has 2 N–H and O–H groups in total. The monoisotopic (exact) mass is 353 g/mol. The van der Waals surface area contributed by atoms with E-state index in [-0.39, 0.29) is 11.5 Å². The van der Waals surface area contributed by atoms with Crippen LogP contribution in [0.5, 0.6) is 0 Å². The molecule has 2 heterocycles. The van der Waals surface area contributed by atoms with Crippen LogP contribution in [0, 0.1) is 6.92 Å². The Morgan fingerprint density at radius 1 is 1.46 bits per heavy atom. The number of quaternary nitrogens is 1. The van der Waals surface area contributed by atoms with Gasteiger partial charge in [0.05, 0.1) is 56.9 Å². The van der Waals surface area contributed by atoms with Gasteiger partial charge in [0, 0.05) is 6.61 Å².